The van der Waals surface area contributed by atoms with Crippen LogP contribution in [-0.4, -0.2) is 33.2 Å². The monoisotopic (exact) mass is 279 g/mol. The van der Waals surface area contributed by atoms with Crippen molar-refractivity contribution in [1.82, 2.24) is 15.0 Å². The van der Waals surface area contributed by atoms with Gasteiger partial charge in [0.2, 0.25) is 5.95 Å². The molecule has 0 aliphatic rings. The van der Waals surface area contributed by atoms with E-state index in [0.717, 1.165) is 11.3 Å². The highest BCUT2D eigenvalue weighted by molar-refractivity contribution is 6.30. The van der Waals surface area contributed by atoms with Crippen molar-refractivity contribution in [2.75, 3.05) is 23.6 Å². The molecule has 19 heavy (non-hydrogen) atoms. The topological polar surface area (TPSA) is 74.2 Å². The van der Waals surface area contributed by atoms with Crippen LogP contribution in [0.5, 0.6) is 0 Å². The molecule has 6 nitrogen and oxygen atoms in total. The van der Waals surface area contributed by atoms with Crippen LogP contribution in [0.15, 0.2) is 30.9 Å². The maximum absolute atomic E-state index is 9.12. The Hall–Kier alpha value is -1.92. The molecule has 0 amide bonds. The summed E-state index contributed by atoms with van der Waals surface area (Å²) < 4.78 is 0. The average Bonchev–Trinajstić information content (AvgIpc) is 2.42. The minimum absolute atomic E-state index is 0.0225. The van der Waals surface area contributed by atoms with Crippen molar-refractivity contribution in [1.29, 1.82) is 0 Å². The molecule has 100 valence electrons. The molecule has 1 aromatic carbocycles. The molecule has 2 aromatic rings. The summed E-state index contributed by atoms with van der Waals surface area (Å²) in [6, 6.07) is 5.51. The number of aliphatic hydroxyl groups excluding tert-OH is 1. The van der Waals surface area contributed by atoms with Crippen LogP contribution < -0.4 is 10.4 Å². The molecule has 0 saturated carbocycles. The van der Waals surface area contributed by atoms with Gasteiger partial charge in [0.05, 0.1) is 18.8 Å². The van der Waals surface area contributed by atoms with Crippen LogP contribution in [0.25, 0.3) is 0 Å². The molecule has 1 heterocycles. The van der Waals surface area contributed by atoms with Gasteiger partial charge in [-0.05, 0) is 30.7 Å². The number of aliphatic hydroxyl groups is 1. The lowest BCUT2D eigenvalue weighted by molar-refractivity contribution is 0.303. The van der Waals surface area contributed by atoms with Gasteiger partial charge in [-0.3, -0.25) is 10.4 Å². The first-order chi connectivity index (χ1) is 9.20. The van der Waals surface area contributed by atoms with E-state index in [1.165, 1.54) is 12.7 Å². The van der Waals surface area contributed by atoms with Gasteiger partial charge in [0.1, 0.15) is 12.7 Å². The van der Waals surface area contributed by atoms with Crippen LogP contribution in [0.2, 0.25) is 5.02 Å². The van der Waals surface area contributed by atoms with E-state index in [4.69, 9.17) is 16.7 Å². The number of anilines is 2. The lowest BCUT2D eigenvalue weighted by Crippen LogP contribution is -2.34. The Balaban J connectivity index is 2.21. The van der Waals surface area contributed by atoms with Crippen molar-refractivity contribution in [2.24, 2.45) is 0 Å². The molecule has 2 N–H and O–H groups in total. The molecule has 0 unspecified atom stereocenters. The third-order valence-electron chi connectivity index (χ3n) is 2.49. The summed E-state index contributed by atoms with van der Waals surface area (Å²) >= 11 is 5.92. The molecular weight excluding hydrogens is 266 g/mol. The van der Waals surface area contributed by atoms with Gasteiger partial charge in [0.15, 0.2) is 0 Å². The number of hydrogen-bond donors (Lipinski definition) is 2. The number of aryl methyl sites for hydroxylation is 1. The highest BCUT2D eigenvalue weighted by atomic mass is 35.5. The van der Waals surface area contributed by atoms with Crippen molar-refractivity contribution in [2.45, 2.75) is 6.92 Å². The summed E-state index contributed by atoms with van der Waals surface area (Å²) in [6.45, 7) is 2.27. The van der Waals surface area contributed by atoms with E-state index in [0.29, 0.717) is 17.5 Å². The zero-order chi connectivity index (χ0) is 13.7. The van der Waals surface area contributed by atoms with Gasteiger partial charge in [-0.15, -0.1) is 0 Å². The lowest BCUT2D eigenvalue weighted by Gasteiger charge is -2.24. The fraction of sp³-hybridized carbons (Fsp3) is 0.250. The summed E-state index contributed by atoms with van der Waals surface area (Å²) in [5.41, 5.74) is 5.02. The van der Waals surface area contributed by atoms with Crippen LogP contribution in [0.1, 0.15) is 5.56 Å². The van der Waals surface area contributed by atoms with Gasteiger partial charge in [-0.25, -0.2) is 4.98 Å². The van der Waals surface area contributed by atoms with Crippen molar-refractivity contribution in [3.8, 4) is 0 Å². The summed E-state index contributed by atoms with van der Waals surface area (Å²) in [5.74, 6) is 0.443. The van der Waals surface area contributed by atoms with Gasteiger partial charge in [-0.1, -0.05) is 11.6 Å². The van der Waals surface area contributed by atoms with Gasteiger partial charge >= 0.3 is 0 Å². The third-order valence-corrected chi connectivity index (χ3v) is 2.72. The quantitative estimate of drug-likeness (QED) is 0.811. The Morgan fingerprint density at radius 3 is 2.68 bits per heavy atom. The van der Waals surface area contributed by atoms with Crippen LogP contribution in [0.4, 0.5) is 11.6 Å². The van der Waals surface area contributed by atoms with E-state index < -0.39 is 0 Å². The summed E-state index contributed by atoms with van der Waals surface area (Å²) in [4.78, 5) is 11.9. The number of benzene rings is 1. The molecule has 0 atom stereocenters. The van der Waals surface area contributed by atoms with E-state index >= 15 is 0 Å². The number of nitrogens with zero attached hydrogens (tertiary/aromatic N) is 4. The molecule has 2 rings (SSSR count). The first-order valence-electron chi connectivity index (χ1n) is 5.74. The number of rotatable bonds is 5. The Morgan fingerprint density at radius 2 is 2.05 bits per heavy atom. The van der Waals surface area contributed by atoms with Crippen molar-refractivity contribution >= 4 is 23.2 Å². The highest BCUT2D eigenvalue weighted by Gasteiger charge is 2.10. The number of aromatic nitrogens is 3. The normalized spacial score (nSPS) is 10.3. The van der Waals surface area contributed by atoms with Gasteiger partial charge < -0.3 is 5.11 Å². The van der Waals surface area contributed by atoms with E-state index in [-0.39, 0.29) is 6.61 Å². The van der Waals surface area contributed by atoms with Crippen LogP contribution in [0, 0.1) is 6.92 Å². The van der Waals surface area contributed by atoms with Crippen LogP contribution >= 0.6 is 11.6 Å². The molecule has 0 aliphatic carbocycles. The van der Waals surface area contributed by atoms with Crippen molar-refractivity contribution < 1.29 is 5.11 Å². The largest absolute Gasteiger partial charge is 0.394 e. The molecule has 1 aromatic heterocycles. The third kappa shape index (κ3) is 3.52. The maximum Gasteiger partial charge on any atom is 0.247 e. The SMILES string of the molecule is Cc1cc(Cl)ccc1NN(CCO)c1ncncn1. The van der Waals surface area contributed by atoms with Gasteiger partial charge in [0, 0.05) is 5.02 Å². The smallest absolute Gasteiger partial charge is 0.247 e. The van der Waals surface area contributed by atoms with Crippen LogP contribution in [0.3, 0.4) is 0 Å². The Kier molecular flexibility index (Phi) is 4.48. The van der Waals surface area contributed by atoms with Gasteiger partial charge in [-0.2, -0.15) is 9.97 Å². The molecule has 0 saturated heterocycles. The Morgan fingerprint density at radius 1 is 1.32 bits per heavy atom. The second-order valence-electron chi connectivity index (χ2n) is 3.88. The van der Waals surface area contributed by atoms with E-state index in [1.54, 1.807) is 11.1 Å². The van der Waals surface area contributed by atoms with Crippen LogP contribution in [-0.2, 0) is 0 Å². The second-order valence-corrected chi connectivity index (χ2v) is 4.32. The fourth-order valence-corrected chi connectivity index (χ4v) is 1.80. The first kappa shape index (κ1) is 13.5. The second kappa shape index (κ2) is 6.31. The standard InChI is InChI=1S/C12H14ClN5O/c1-9-6-10(13)2-3-11(9)17-18(4-5-19)12-15-7-14-8-16-12/h2-3,6-8,17,19H,4-5H2,1H3. The minimum Gasteiger partial charge on any atom is -0.394 e. The fourth-order valence-electron chi connectivity index (χ4n) is 1.58. The minimum atomic E-state index is -0.0225. The summed E-state index contributed by atoms with van der Waals surface area (Å²) in [7, 11) is 0. The molecule has 0 fully saturated rings. The zero-order valence-electron chi connectivity index (χ0n) is 10.4. The summed E-state index contributed by atoms with van der Waals surface area (Å²) in [6.07, 6.45) is 2.81. The average molecular weight is 280 g/mol. The van der Waals surface area contributed by atoms with Gasteiger partial charge in [0.25, 0.3) is 0 Å². The molecule has 0 aliphatic heterocycles. The highest BCUT2D eigenvalue weighted by Crippen LogP contribution is 2.20. The molecule has 7 heteroatoms. The maximum atomic E-state index is 9.12. The Labute approximate surface area is 116 Å². The number of halogens is 1. The molecule has 0 spiro atoms. The molecular formula is C12H14ClN5O. The van der Waals surface area contributed by atoms with E-state index in [9.17, 15) is 0 Å². The van der Waals surface area contributed by atoms with E-state index in [2.05, 4.69) is 20.4 Å². The molecule has 0 bridgehead atoms. The zero-order valence-corrected chi connectivity index (χ0v) is 11.2. The van der Waals surface area contributed by atoms with E-state index in [1.807, 2.05) is 19.1 Å². The van der Waals surface area contributed by atoms with Crippen molar-refractivity contribution in [3.05, 3.63) is 41.4 Å². The first-order valence-corrected chi connectivity index (χ1v) is 6.11. The lowest BCUT2D eigenvalue weighted by atomic mass is 10.2. The predicted molar refractivity (Wildman–Crippen MR) is 74.1 cm³/mol. The number of nitrogens with one attached hydrogen (secondary N) is 1. The van der Waals surface area contributed by atoms with Crippen molar-refractivity contribution in [3.63, 3.8) is 0 Å². The predicted octanol–water partition coefficient (Wildman–Crippen LogP) is 1.66. The summed E-state index contributed by atoms with van der Waals surface area (Å²) in [5, 5.41) is 11.4. The number of hydrazine groups is 1. The Bertz CT molecular complexity index is 537. The molecule has 0 radical (unpaired) electrons. The number of hydrogen-bond acceptors (Lipinski definition) is 6.